The average Bonchev–Trinajstić information content (AvgIpc) is 2.16. The molecule has 0 aromatic heterocycles. The van der Waals surface area contributed by atoms with Crippen LogP contribution in [0.2, 0.25) is 0 Å². The van der Waals surface area contributed by atoms with Gasteiger partial charge in [0.2, 0.25) is 0 Å². The molecule has 1 aromatic rings. The molecule has 0 aliphatic heterocycles. The highest BCUT2D eigenvalue weighted by molar-refractivity contribution is 5.63. The summed E-state index contributed by atoms with van der Waals surface area (Å²) in [7, 11) is 3.79. The highest BCUT2D eigenvalue weighted by atomic mass is 16.5. The van der Waals surface area contributed by atoms with Crippen LogP contribution in [0.25, 0.3) is 0 Å². The van der Waals surface area contributed by atoms with Crippen molar-refractivity contribution in [2.45, 2.75) is 27.7 Å². The van der Waals surface area contributed by atoms with Crippen LogP contribution in [0.4, 0.5) is 5.69 Å². The molecule has 84 valence electrons. The van der Waals surface area contributed by atoms with Gasteiger partial charge in [-0.3, -0.25) is 0 Å². The molecule has 1 aromatic carbocycles. The van der Waals surface area contributed by atoms with Crippen molar-refractivity contribution in [3.8, 4) is 0 Å². The first-order valence-electron chi connectivity index (χ1n) is 5.26. The number of anilines is 1. The Morgan fingerprint density at radius 1 is 1.07 bits per heavy atom. The Kier molecular flexibility index (Phi) is 3.75. The normalized spacial score (nSPS) is 10.5. The van der Waals surface area contributed by atoms with Crippen LogP contribution >= 0.6 is 0 Å². The van der Waals surface area contributed by atoms with Gasteiger partial charge in [0.15, 0.2) is 0 Å². The predicted molar refractivity (Wildman–Crippen MR) is 65.7 cm³/mol. The van der Waals surface area contributed by atoms with Crippen molar-refractivity contribution in [3.05, 3.63) is 28.3 Å². The van der Waals surface area contributed by atoms with Crippen molar-refractivity contribution >= 4 is 5.69 Å². The van der Waals surface area contributed by atoms with E-state index in [4.69, 9.17) is 4.74 Å². The van der Waals surface area contributed by atoms with Crippen LogP contribution in [-0.2, 0) is 4.74 Å². The minimum Gasteiger partial charge on any atom is -0.364 e. The molecule has 0 amide bonds. The van der Waals surface area contributed by atoms with Gasteiger partial charge in [0.05, 0.1) is 0 Å². The van der Waals surface area contributed by atoms with Gasteiger partial charge in [-0.2, -0.15) is 0 Å². The van der Waals surface area contributed by atoms with E-state index in [-0.39, 0.29) is 0 Å². The highest BCUT2D eigenvalue weighted by Gasteiger charge is 2.11. The van der Waals surface area contributed by atoms with Crippen LogP contribution in [-0.4, -0.2) is 20.9 Å². The summed E-state index contributed by atoms with van der Waals surface area (Å²) in [6.45, 7) is 9.29. The zero-order valence-corrected chi connectivity index (χ0v) is 10.6. The molecule has 0 aliphatic carbocycles. The van der Waals surface area contributed by atoms with Gasteiger partial charge in [-0.1, -0.05) is 6.07 Å². The summed E-state index contributed by atoms with van der Waals surface area (Å²) in [5, 5.41) is 0. The largest absolute Gasteiger partial charge is 0.364 e. The minimum atomic E-state index is 0.630. The van der Waals surface area contributed by atoms with Crippen LogP contribution in [0.5, 0.6) is 0 Å². The van der Waals surface area contributed by atoms with E-state index in [0.717, 1.165) is 0 Å². The van der Waals surface area contributed by atoms with E-state index < -0.39 is 0 Å². The molecule has 0 fully saturated rings. The van der Waals surface area contributed by atoms with Crippen molar-refractivity contribution in [2.75, 3.05) is 25.8 Å². The number of hydrogen-bond donors (Lipinski definition) is 0. The van der Waals surface area contributed by atoms with Crippen LogP contribution in [0, 0.1) is 27.7 Å². The second-order valence-corrected chi connectivity index (χ2v) is 4.22. The van der Waals surface area contributed by atoms with Crippen LogP contribution in [0.3, 0.4) is 0 Å². The van der Waals surface area contributed by atoms with Gasteiger partial charge in [-0.15, -0.1) is 0 Å². The molecule has 0 N–H and O–H groups in total. The fourth-order valence-corrected chi connectivity index (χ4v) is 2.03. The number of aryl methyl sites for hydroxylation is 2. The third kappa shape index (κ3) is 2.32. The summed E-state index contributed by atoms with van der Waals surface area (Å²) >= 11 is 0. The van der Waals surface area contributed by atoms with Gasteiger partial charge in [0.1, 0.15) is 6.73 Å². The molecule has 15 heavy (non-hydrogen) atoms. The van der Waals surface area contributed by atoms with Crippen molar-refractivity contribution in [1.82, 2.24) is 0 Å². The van der Waals surface area contributed by atoms with Gasteiger partial charge in [0, 0.05) is 19.8 Å². The topological polar surface area (TPSA) is 12.5 Å². The van der Waals surface area contributed by atoms with Gasteiger partial charge in [0.25, 0.3) is 0 Å². The molecule has 1 rings (SSSR count). The summed E-state index contributed by atoms with van der Waals surface area (Å²) in [6.07, 6.45) is 0. The number of methoxy groups -OCH3 is 1. The molecule has 0 radical (unpaired) electrons. The van der Waals surface area contributed by atoms with Gasteiger partial charge in [-0.05, 0) is 49.9 Å². The number of ether oxygens (including phenoxy) is 1. The van der Waals surface area contributed by atoms with Gasteiger partial charge in [-0.25, -0.2) is 0 Å². The summed E-state index contributed by atoms with van der Waals surface area (Å²) in [5.41, 5.74) is 6.68. The Bertz CT molecular complexity index is 332. The molecule has 0 saturated heterocycles. The molecule has 0 aliphatic rings. The Hall–Kier alpha value is -1.02. The lowest BCUT2D eigenvalue weighted by Crippen LogP contribution is -2.22. The number of nitrogens with zero attached hydrogens (tertiary/aromatic N) is 1. The maximum atomic E-state index is 5.17. The van der Waals surface area contributed by atoms with E-state index in [0.29, 0.717) is 6.73 Å². The number of hydrogen-bond acceptors (Lipinski definition) is 2. The Labute approximate surface area is 92.9 Å². The molecule has 0 heterocycles. The highest BCUT2D eigenvalue weighted by Crippen LogP contribution is 2.29. The van der Waals surface area contributed by atoms with E-state index in [1.54, 1.807) is 7.11 Å². The standard InChI is InChI=1S/C13H21NO/c1-9-7-10(2)12(4)13(11(9)3)14(5)8-15-6/h7H,8H2,1-6H3. The quantitative estimate of drug-likeness (QED) is 0.707. The molecule has 0 spiro atoms. The van der Waals surface area contributed by atoms with E-state index >= 15 is 0 Å². The summed E-state index contributed by atoms with van der Waals surface area (Å²) in [4.78, 5) is 2.16. The summed E-state index contributed by atoms with van der Waals surface area (Å²) < 4.78 is 5.17. The summed E-state index contributed by atoms with van der Waals surface area (Å²) in [5.74, 6) is 0. The smallest absolute Gasteiger partial charge is 0.118 e. The maximum Gasteiger partial charge on any atom is 0.118 e. The summed E-state index contributed by atoms with van der Waals surface area (Å²) in [6, 6.07) is 2.24. The molecule has 2 heteroatoms. The maximum absolute atomic E-state index is 5.17. The first-order chi connectivity index (χ1) is 6.99. The number of rotatable bonds is 3. The second kappa shape index (κ2) is 4.67. The lowest BCUT2D eigenvalue weighted by Gasteiger charge is -2.25. The zero-order chi connectivity index (χ0) is 11.6. The van der Waals surface area contributed by atoms with Crippen LogP contribution < -0.4 is 4.90 Å². The van der Waals surface area contributed by atoms with E-state index in [2.05, 4.69) is 45.7 Å². The molecule has 0 bridgehead atoms. The van der Waals surface area contributed by atoms with Gasteiger partial charge >= 0.3 is 0 Å². The average molecular weight is 207 g/mol. The van der Waals surface area contributed by atoms with Crippen molar-refractivity contribution in [3.63, 3.8) is 0 Å². The van der Waals surface area contributed by atoms with E-state index in [1.165, 1.54) is 27.9 Å². The predicted octanol–water partition coefficient (Wildman–Crippen LogP) is 2.96. The molecular weight excluding hydrogens is 186 g/mol. The first kappa shape index (κ1) is 12.1. The fraction of sp³-hybridized carbons (Fsp3) is 0.538. The minimum absolute atomic E-state index is 0.630. The zero-order valence-electron chi connectivity index (χ0n) is 10.6. The third-order valence-electron chi connectivity index (χ3n) is 3.03. The third-order valence-corrected chi connectivity index (χ3v) is 3.03. The Morgan fingerprint density at radius 2 is 1.53 bits per heavy atom. The molecule has 2 nitrogen and oxygen atoms in total. The van der Waals surface area contributed by atoms with Crippen molar-refractivity contribution < 1.29 is 4.74 Å². The second-order valence-electron chi connectivity index (χ2n) is 4.22. The van der Waals surface area contributed by atoms with Crippen LogP contribution in [0.1, 0.15) is 22.3 Å². The van der Waals surface area contributed by atoms with Crippen LogP contribution in [0.15, 0.2) is 6.07 Å². The molecule has 0 atom stereocenters. The lowest BCUT2D eigenvalue weighted by molar-refractivity contribution is 0.202. The van der Waals surface area contributed by atoms with E-state index in [1.807, 2.05) is 0 Å². The molecular formula is C13H21NO. The first-order valence-corrected chi connectivity index (χ1v) is 5.26. The monoisotopic (exact) mass is 207 g/mol. The van der Waals surface area contributed by atoms with E-state index in [9.17, 15) is 0 Å². The molecule has 0 saturated carbocycles. The fourth-order valence-electron chi connectivity index (χ4n) is 2.03. The Balaban J connectivity index is 3.26. The van der Waals surface area contributed by atoms with Crippen molar-refractivity contribution in [1.29, 1.82) is 0 Å². The lowest BCUT2D eigenvalue weighted by atomic mass is 9.98. The van der Waals surface area contributed by atoms with Crippen molar-refractivity contribution in [2.24, 2.45) is 0 Å². The van der Waals surface area contributed by atoms with Gasteiger partial charge < -0.3 is 9.64 Å². The Morgan fingerprint density at radius 3 is 1.93 bits per heavy atom. The molecule has 0 unspecified atom stereocenters. The SMILES string of the molecule is COCN(C)c1c(C)c(C)cc(C)c1C. The number of benzene rings is 1.